The minimum atomic E-state index is -4.27. The van der Waals surface area contributed by atoms with Crippen LogP contribution in [0.15, 0.2) is 57.3 Å². The van der Waals surface area contributed by atoms with E-state index >= 15 is 4.39 Å². The number of likely N-dealkylation sites (N-methyl/N-ethyl adjacent to an activating group) is 1. The number of likely N-dealkylation sites (tertiary alicyclic amines) is 1. The van der Waals surface area contributed by atoms with E-state index in [2.05, 4.69) is 38.6 Å². The van der Waals surface area contributed by atoms with Gasteiger partial charge >= 0.3 is 0 Å². The van der Waals surface area contributed by atoms with E-state index in [0.29, 0.717) is 48.4 Å². The Morgan fingerprint density at radius 3 is 1.83 bits per heavy atom. The number of aromatic nitrogens is 1. The molecule has 0 atom stereocenters. The number of halogens is 1. The van der Waals surface area contributed by atoms with Gasteiger partial charge in [0.1, 0.15) is 4.90 Å². The Kier molecular flexibility index (Phi) is 16.3. The van der Waals surface area contributed by atoms with Crippen molar-refractivity contribution in [1.29, 1.82) is 0 Å². The maximum absolute atomic E-state index is 15.5. The maximum atomic E-state index is 15.5. The summed E-state index contributed by atoms with van der Waals surface area (Å²) in [5, 5.41) is 0.457. The van der Waals surface area contributed by atoms with Crippen LogP contribution < -0.4 is 9.64 Å². The number of piperidine rings is 2. The quantitative estimate of drug-likeness (QED) is 0.103. The third-order valence-electron chi connectivity index (χ3n) is 12.8. The van der Waals surface area contributed by atoms with E-state index in [1.165, 1.54) is 88.2 Å². The molecule has 13 heteroatoms. The molecule has 0 saturated carbocycles. The summed E-state index contributed by atoms with van der Waals surface area (Å²) in [5.74, 6) is -0.696. The van der Waals surface area contributed by atoms with Gasteiger partial charge < -0.3 is 19.4 Å². The summed E-state index contributed by atoms with van der Waals surface area (Å²) in [6.45, 7) is 10.5. The number of hydrogen-bond acceptors (Lipinski definition) is 10. The Morgan fingerprint density at radius 1 is 0.690 bits per heavy atom. The Hall–Kier alpha value is -2.84. The minimum Gasteiger partial charge on any atom is -0.491 e. The van der Waals surface area contributed by atoms with Crippen molar-refractivity contribution in [2.75, 3.05) is 77.2 Å². The fraction of sp³-hybridized carbons (Fsp3) is 0.667. The van der Waals surface area contributed by atoms with Gasteiger partial charge in [-0.3, -0.25) is 9.88 Å². The van der Waals surface area contributed by atoms with Crippen LogP contribution in [-0.4, -0.2) is 121 Å². The Balaban J connectivity index is 1.09. The number of hydrogen-bond donors (Lipinski definition) is 0. The molecule has 0 unspecified atom stereocenters. The predicted octanol–water partition coefficient (Wildman–Crippen LogP) is 8.37. The Bertz CT molecular complexity index is 1990. The molecule has 322 valence electrons. The number of sulfone groups is 2. The van der Waals surface area contributed by atoms with Gasteiger partial charge in [0.15, 0.2) is 21.4 Å². The van der Waals surface area contributed by atoms with Gasteiger partial charge in [-0.15, -0.1) is 0 Å². The van der Waals surface area contributed by atoms with E-state index in [-0.39, 0.29) is 20.4 Å². The molecule has 10 nitrogen and oxygen atoms in total. The number of fused-ring (bicyclic) bond motifs is 1. The van der Waals surface area contributed by atoms with Crippen molar-refractivity contribution in [3.63, 3.8) is 0 Å². The van der Waals surface area contributed by atoms with Crippen LogP contribution in [0.4, 0.5) is 10.1 Å². The lowest BCUT2D eigenvalue weighted by Crippen LogP contribution is -2.54. The second-order valence-electron chi connectivity index (χ2n) is 17.1. The van der Waals surface area contributed by atoms with E-state index in [1.54, 1.807) is 6.07 Å². The van der Waals surface area contributed by atoms with E-state index in [0.717, 1.165) is 96.5 Å². The Labute approximate surface area is 348 Å². The first-order chi connectivity index (χ1) is 28.0. The topological polar surface area (TPSA) is 103 Å². The fourth-order valence-corrected chi connectivity index (χ4v) is 11.3. The molecule has 6 rings (SSSR count). The van der Waals surface area contributed by atoms with E-state index in [4.69, 9.17) is 4.74 Å². The van der Waals surface area contributed by atoms with Gasteiger partial charge in [-0.25, -0.2) is 21.2 Å². The van der Waals surface area contributed by atoms with E-state index < -0.39 is 25.5 Å². The first-order valence-corrected chi connectivity index (χ1v) is 25.5. The lowest BCUT2D eigenvalue weighted by molar-refractivity contribution is 0.0495. The zero-order chi connectivity index (χ0) is 41.1. The van der Waals surface area contributed by atoms with Gasteiger partial charge in [0.2, 0.25) is 9.84 Å². The van der Waals surface area contributed by atoms with Gasteiger partial charge in [0.25, 0.3) is 0 Å². The van der Waals surface area contributed by atoms with Crippen LogP contribution in [0.2, 0.25) is 0 Å². The Morgan fingerprint density at radius 2 is 1.24 bits per heavy atom. The van der Waals surface area contributed by atoms with Crippen molar-refractivity contribution in [1.82, 2.24) is 19.7 Å². The van der Waals surface area contributed by atoms with Crippen LogP contribution in [0.5, 0.6) is 5.75 Å². The number of anilines is 1. The van der Waals surface area contributed by atoms with Crippen molar-refractivity contribution < 1.29 is 26.0 Å². The lowest BCUT2D eigenvalue weighted by atomic mass is 9.96. The van der Waals surface area contributed by atoms with E-state index in [9.17, 15) is 16.8 Å². The molecular formula is C45H68FN5O5S2. The number of unbranched alkanes of at least 4 members (excludes halogenated alkanes) is 11. The highest BCUT2D eigenvalue weighted by Gasteiger charge is 2.34. The molecular weight excluding hydrogens is 774 g/mol. The SMILES string of the molecule is CCCCCCCCCCCCCCOc1ccc(S(=O)(=O)c2cnc3ccc(S(C)(=O)=O)cc3c2N2CCC(N3CCC(N4CCN(C)CC4)CC3)CC2)cc1F. The summed E-state index contributed by atoms with van der Waals surface area (Å²) in [6, 6.07) is 9.53. The molecule has 4 heterocycles. The molecule has 3 saturated heterocycles. The largest absolute Gasteiger partial charge is 0.491 e. The third-order valence-corrected chi connectivity index (χ3v) is 15.7. The van der Waals surface area contributed by atoms with Gasteiger partial charge in [-0.05, 0) is 88.6 Å². The fourth-order valence-electron chi connectivity index (χ4n) is 9.17. The smallest absolute Gasteiger partial charge is 0.210 e. The monoisotopic (exact) mass is 841 g/mol. The zero-order valence-electron chi connectivity index (χ0n) is 35.3. The van der Waals surface area contributed by atoms with Crippen LogP contribution in [0, 0.1) is 5.82 Å². The summed E-state index contributed by atoms with van der Waals surface area (Å²) in [6.07, 6.45) is 21.2. The molecule has 3 aliphatic rings. The highest BCUT2D eigenvalue weighted by Crippen LogP contribution is 2.39. The number of piperazine rings is 1. The number of benzene rings is 2. The molecule has 0 radical (unpaired) electrons. The summed E-state index contributed by atoms with van der Waals surface area (Å²) < 4.78 is 75.6. The van der Waals surface area contributed by atoms with Crippen molar-refractivity contribution in [2.24, 2.45) is 0 Å². The number of rotatable bonds is 20. The van der Waals surface area contributed by atoms with Crippen LogP contribution in [-0.2, 0) is 19.7 Å². The molecule has 1 aromatic heterocycles. The highest BCUT2D eigenvalue weighted by molar-refractivity contribution is 7.91. The normalized spacial score (nSPS) is 18.7. The van der Waals surface area contributed by atoms with Crippen LogP contribution in [0.3, 0.4) is 0 Å². The van der Waals surface area contributed by atoms with Crippen molar-refractivity contribution in [3.8, 4) is 5.75 Å². The lowest BCUT2D eigenvalue weighted by Gasteiger charge is -2.46. The summed E-state index contributed by atoms with van der Waals surface area (Å²) in [5.41, 5.74) is 0.928. The van der Waals surface area contributed by atoms with Crippen molar-refractivity contribution in [2.45, 2.75) is 136 Å². The van der Waals surface area contributed by atoms with Crippen LogP contribution in [0.25, 0.3) is 10.9 Å². The molecule has 0 N–H and O–H groups in total. The van der Waals surface area contributed by atoms with Gasteiger partial charge in [0.05, 0.1) is 27.6 Å². The van der Waals surface area contributed by atoms with Gasteiger partial charge in [-0.1, -0.05) is 77.6 Å². The summed E-state index contributed by atoms with van der Waals surface area (Å²) in [7, 11) is -5.66. The summed E-state index contributed by atoms with van der Waals surface area (Å²) >= 11 is 0. The number of pyridine rings is 1. The predicted molar refractivity (Wildman–Crippen MR) is 232 cm³/mol. The van der Waals surface area contributed by atoms with Crippen LogP contribution in [0.1, 0.15) is 110 Å². The third kappa shape index (κ3) is 11.7. The molecule has 2 aromatic carbocycles. The molecule has 0 aliphatic carbocycles. The average molecular weight is 842 g/mol. The molecule has 0 amide bonds. The second-order valence-corrected chi connectivity index (χ2v) is 21.0. The van der Waals surface area contributed by atoms with Gasteiger partial charge in [-0.2, -0.15) is 0 Å². The van der Waals surface area contributed by atoms with Crippen molar-refractivity contribution >= 4 is 36.3 Å². The van der Waals surface area contributed by atoms with E-state index in [1.807, 2.05) is 0 Å². The molecule has 0 spiro atoms. The molecule has 3 aliphatic heterocycles. The van der Waals surface area contributed by atoms with Crippen LogP contribution >= 0.6 is 0 Å². The number of nitrogens with zero attached hydrogens (tertiary/aromatic N) is 5. The highest BCUT2D eigenvalue weighted by atomic mass is 32.2. The van der Waals surface area contributed by atoms with Gasteiger partial charge in [0, 0.05) is 69.2 Å². The summed E-state index contributed by atoms with van der Waals surface area (Å²) in [4.78, 5) is 14.1. The molecule has 3 fully saturated rings. The van der Waals surface area contributed by atoms with Crippen molar-refractivity contribution in [3.05, 3.63) is 48.4 Å². The first kappa shape index (κ1) is 44.7. The average Bonchev–Trinajstić information content (AvgIpc) is 3.22. The molecule has 3 aromatic rings. The minimum absolute atomic E-state index is 0.0336. The first-order valence-electron chi connectivity index (χ1n) is 22.2. The number of ether oxygens (including phenoxy) is 1. The second kappa shape index (κ2) is 21.1. The maximum Gasteiger partial charge on any atom is 0.210 e. The standard InChI is InChI=1S/C45H68FN5O5S2/c1-4-5-6-7-8-9-10-11-12-13-14-15-32-56-43-19-17-39(34-41(43)46)58(54,55)44-35-47-42-18-16-38(57(3,52)53)33-40(42)45(44)51-26-22-36(23-27-51)49-24-20-37(21-25-49)50-30-28-48(2)29-31-50/h16-19,33-37H,4-15,20-32H2,1-3H3. The molecule has 58 heavy (non-hydrogen) atoms. The zero-order valence-corrected chi connectivity index (χ0v) is 37.0. The molecule has 0 bridgehead atoms.